The summed E-state index contributed by atoms with van der Waals surface area (Å²) in [5.74, 6) is -0.954. The molecule has 3 aromatic carbocycles. The molecule has 0 saturated carbocycles. The predicted octanol–water partition coefficient (Wildman–Crippen LogP) is 6.09. The Morgan fingerprint density at radius 1 is 0.897 bits per heavy atom. The molecule has 1 N–H and O–H groups in total. The number of nitrogens with zero attached hydrogens (tertiary/aromatic N) is 2. The summed E-state index contributed by atoms with van der Waals surface area (Å²) in [4.78, 5) is 28.4. The lowest BCUT2D eigenvalue weighted by Crippen LogP contribution is -2.52. The molecule has 7 nitrogen and oxygen atoms in total. The number of rotatable bonds is 11. The second-order valence-electron chi connectivity index (χ2n) is 8.79. The molecular formula is C28H30Cl3N3O4S. The van der Waals surface area contributed by atoms with Crippen molar-refractivity contribution in [3.05, 3.63) is 92.9 Å². The average molecular weight is 611 g/mol. The first-order valence-electron chi connectivity index (χ1n) is 12.3. The molecule has 2 amide bonds. The molecule has 0 radical (unpaired) electrons. The van der Waals surface area contributed by atoms with E-state index in [0.717, 1.165) is 4.31 Å². The van der Waals surface area contributed by atoms with Gasteiger partial charge in [0, 0.05) is 33.7 Å². The molecule has 0 aliphatic rings. The number of hydrogen-bond donors (Lipinski definition) is 1. The van der Waals surface area contributed by atoms with E-state index in [1.165, 1.54) is 29.2 Å². The van der Waals surface area contributed by atoms with Crippen LogP contribution in [0.2, 0.25) is 15.1 Å². The van der Waals surface area contributed by atoms with Crippen molar-refractivity contribution in [1.82, 2.24) is 10.2 Å². The summed E-state index contributed by atoms with van der Waals surface area (Å²) in [5.41, 5.74) is 1.45. The number of anilines is 1. The van der Waals surface area contributed by atoms with Gasteiger partial charge in [-0.3, -0.25) is 13.9 Å². The number of sulfonamides is 1. The third-order valence-corrected chi connectivity index (χ3v) is 8.93. The topological polar surface area (TPSA) is 86.8 Å². The van der Waals surface area contributed by atoms with Crippen LogP contribution < -0.4 is 9.62 Å². The number of amides is 2. The number of likely N-dealkylation sites (N-methyl/N-ethyl adjacent to an activating group) is 1. The highest BCUT2D eigenvalue weighted by Crippen LogP contribution is 2.30. The first kappa shape index (κ1) is 30.8. The highest BCUT2D eigenvalue weighted by molar-refractivity contribution is 7.92. The van der Waals surface area contributed by atoms with Gasteiger partial charge in [0.25, 0.3) is 10.0 Å². The number of carbonyl (C=O) groups is 2. The molecule has 11 heteroatoms. The zero-order valence-corrected chi connectivity index (χ0v) is 24.9. The van der Waals surface area contributed by atoms with Crippen LogP contribution in [-0.4, -0.2) is 44.3 Å². The Kier molecular flexibility index (Phi) is 10.7. The van der Waals surface area contributed by atoms with Crippen molar-refractivity contribution in [3.63, 3.8) is 0 Å². The maximum Gasteiger partial charge on any atom is 0.264 e. The van der Waals surface area contributed by atoms with Gasteiger partial charge in [0.2, 0.25) is 11.8 Å². The largest absolute Gasteiger partial charge is 0.355 e. The predicted molar refractivity (Wildman–Crippen MR) is 157 cm³/mol. The third-order valence-electron chi connectivity index (χ3n) is 6.19. The minimum absolute atomic E-state index is 0.0283. The van der Waals surface area contributed by atoms with E-state index in [1.54, 1.807) is 63.2 Å². The van der Waals surface area contributed by atoms with Crippen LogP contribution in [0.1, 0.15) is 31.4 Å². The van der Waals surface area contributed by atoms with Crippen LogP contribution in [0.15, 0.2) is 71.6 Å². The second-order valence-corrected chi connectivity index (χ2v) is 11.9. The number of para-hydroxylation sites is 1. The van der Waals surface area contributed by atoms with Gasteiger partial charge in [0.15, 0.2) is 0 Å². The monoisotopic (exact) mass is 609 g/mol. The first-order valence-corrected chi connectivity index (χ1v) is 14.9. The van der Waals surface area contributed by atoms with Crippen LogP contribution in [0.25, 0.3) is 0 Å². The lowest BCUT2D eigenvalue weighted by Gasteiger charge is -2.33. The van der Waals surface area contributed by atoms with E-state index in [-0.39, 0.29) is 23.8 Å². The van der Waals surface area contributed by atoms with E-state index >= 15 is 0 Å². The van der Waals surface area contributed by atoms with Crippen LogP contribution in [0.3, 0.4) is 0 Å². The van der Waals surface area contributed by atoms with Crippen molar-refractivity contribution < 1.29 is 18.0 Å². The third kappa shape index (κ3) is 7.25. The molecule has 1 atom stereocenters. The first-order chi connectivity index (χ1) is 18.5. The van der Waals surface area contributed by atoms with Crippen LogP contribution in [-0.2, 0) is 26.2 Å². The SMILES string of the molecule is CCNC(=O)[C@@H](CC)N(Cc1c(Cl)cccc1Cl)C(=O)CN(c1ccccc1C)S(=O)(=O)c1ccc(Cl)cc1. The normalized spacial score (nSPS) is 12.1. The van der Waals surface area contributed by atoms with Crippen molar-refractivity contribution in [1.29, 1.82) is 0 Å². The van der Waals surface area contributed by atoms with Crippen LogP contribution in [0.5, 0.6) is 0 Å². The number of carbonyl (C=O) groups excluding carboxylic acids is 2. The fourth-order valence-electron chi connectivity index (χ4n) is 4.16. The lowest BCUT2D eigenvalue weighted by atomic mass is 10.1. The molecule has 0 heterocycles. The zero-order valence-electron chi connectivity index (χ0n) is 21.8. The van der Waals surface area contributed by atoms with Crippen LogP contribution >= 0.6 is 34.8 Å². The Bertz CT molecular complexity index is 1410. The summed E-state index contributed by atoms with van der Waals surface area (Å²) in [6.07, 6.45) is 0.286. The van der Waals surface area contributed by atoms with Crippen LogP contribution in [0.4, 0.5) is 5.69 Å². The van der Waals surface area contributed by atoms with Gasteiger partial charge in [0.1, 0.15) is 12.6 Å². The Labute approximate surface area is 244 Å². The number of nitrogens with one attached hydrogen (secondary N) is 1. The van der Waals surface area contributed by atoms with E-state index in [0.29, 0.717) is 38.4 Å². The summed E-state index contributed by atoms with van der Waals surface area (Å²) in [5, 5.41) is 3.80. The average Bonchev–Trinajstić information content (AvgIpc) is 2.89. The van der Waals surface area contributed by atoms with Crippen LogP contribution in [0, 0.1) is 6.92 Å². The minimum atomic E-state index is -4.20. The molecule has 0 saturated heterocycles. The molecule has 0 aliphatic heterocycles. The van der Waals surface area contributed by atoms with Gasteiger partial charge in [-0.2, -0.15) is 0 Å². The summed E-state index contributed by atoms with van der Waals surface area (Å²) in [7, 11) is -4.20. The minimum Gasteiger partial charge on any atom is -0.355 e. The fourth-order valence-corrected chi connectivity index (χ4v) is 6.28. The highest BCUT2D eigenvalue weighted by atomic mass is 35.5. The molecule has 208 valence electrons. The highest BCUT2D eigenvalue weighted by Gasteiger charge is 2.34. The molecule has 39 heavy (non-hydrogen) atoms. The van der Waals surface area contributed by atoms with Gasteiger partial charge in [-0.05, 0) is 68.3 Å². The number of hydrogen-bond acceptors (Lipinski definition) is 4. The molecule has 3 aromatic rings. The molecule has 3 rings (SSSR count). The van der Waals surface area contributed by atoms with E-state index < -0.39 is 28.5 Å². The van der Waals surface area contributed by atoms with E-state index in [2.05, 4.69) is 5.32 Å². The summed E-state index contributed by atoms with van der Waals surface area (Å²) < 4.78 is 28.8. The summed E-state index contributed by atoms with van der Waals surface area (Å²) in [6, 6.07) is 16.7. The summed E-state index contributed by atoms with van der Waals surface area (Å²) in [6.45, 7) is 5.03. The Morgan fingerprint density at radius 2 is 1.51 bits per heavy atom. The molecular weight excluding hydrogens is 581 g/mol. The molecule has 0 fully saturated rings. The molecule has 0 aliphatic carbocycles. The number of aryl methyl sites for hydroxylation is 1. The summed E-state index contributed by atoms with van der Waals surface area (Å²) >= 11 is 18.8. The molecule has 0 unspecified atom stereocenters. The van der Waals surface area contributed by atoms with Crippen molar-refractivity contribution in [3.8, 4) is 0 Å². The van der Waals surface area contributed by atoms with Crippen molar-refractivity contribution >= 4 is 62.3 Å². The Morgan fingerprint density at radius 3 is 2.08 bits per heavy atom. The van der Waals surface area contributed by atoms with E-state index in [4.69, 9.17) is 34.8 Å². The Balaban J connectivity index is 2.11. The van der Waals surface area contributed by atoms with Crippen molar-refractivity contribution in [2.24, 2.45) is 0 Å². The van der Waals surface area contributed by atoms with E-state index in [1.807, 2.05) is 0 Å². The second kappa shape index (κ2) is 13.5. The maximum atomic E-state index is 14.0. The zero-order chi connectivity index (χ0) is 28.7. The fraction of sp³-hybridized carbons (Fsp3) is 0.286. The van der Waals surface area contributed by atoms with Gasteiger partial charge >= 0.3 is 0 Å². The van der Waals surface area contributed by atoms with Gasteiger partial charge in [-0.15, -0.1) is 0 Å². The van der Waals surface area contributed by atoms with Gasteiger partial charge in [-0.1, -0.05) is 66.0 Å². The lowest BCUT2D eigenvalue weighted by molar-refractivity contribution is -0.140. The van der Waals surface area contributed by atoms with Crippen molar-refractivity contribution in [2.45, 2.75) is 44.7 Å². The number of halogens is 3. The Hall–Kier alpha value is -2.78. The van der Waals surface area contributed by atoms with Crippen molar-refractivity contribution in [2.75, 3.05) is 17.4 Å². The number of benzene rings is 3. The van der Waals surface area contributed by atoms with Gasteiger partial charge in [0.05, 0.1) is 10.6 Å². The van der Waals surface area contributed by atoms with Gasteiger partial charge in [-0.25, -0.2) is 8.42 Å². The smallest absolute Gasteiger partial charge is 0.264 e. The molecule has 0 aromatic heterocycles. The molecule has 0 spiro atoms. The quantitative estimate of drug-likeness (QED) is 0.285. The van der Waals surface area contributed by atoms with Gasteiger partial charge < -0.3 is 10.2 Å². The van der Waals surface area contributed by atoms with E-state index in [9.17, 15) is 18.0 Å². The molecule has 0 bridgehead atoms. The maximum absolute atomic E-state index is 14.0. The standard InChI is InChI=1S/C28H30Cl3N3O4S/c1-4-25(28(36)32-5-2)33(17-22-23(30)10-8-11-24(22)31)27(35)18-34(26-12-7-6-9-19(26)3)39(37,38)21-15-13-20(29)14-16-21/h6-16,25H,4-5,17-18H2,1-3H3,(H,32,36)/t25-/m1/s1.